The van der Waals surface area contributed by atoms with E-state index in [4.69, 9.17) is 10.9 Å². The topological polar surface area (TPSA) is 122 Å². The summed E-state index contributed by atoms with van der Waals surface area (Å²) in [7, 11) is -3.08. The molecule has 1 atom stereocenters. The largest absolute Gasteiger partial charge is 0.409 e. The smallest absolute Gasteiger partial charge is 0.234 e. The Bertz CT molecular complexity index is 509. The third-order valence-electron chi connectivity index (χ3n) is 3.70. The number of sulfone groups is 1. The minimum Gasteiger partial charge on any atom is -0.409 e. The van der Waals surface area contributed by atoms with Gasteiger partial charge >= 0.3 is 0 Å². The molecule has 0 aromatic carbocycles. The van der Waals surface area contributed by atoms with Gasteiger partial charge < -0.3 is 16.3 Å². The van der Waals surface area contributed by atoms with Crippen LogP contribution in [0.25, 0.3) is 0 Å². The van der Waals surface area contributed by atoms with Gasteiger partial charge in [-0.2, -0.15) is 0 Å². The van der Waals surface area contributed by atoms with E-state index >= 15 is 0 Å². The minimum absolute atomic E-state index is 0.0575. The molecule has 1 aliphatic heterocycles. The Hall–Kier alpha value is -1.31. The van der Waals surface area contributed by atoms with Crippen molar-refractivity contribution in [3.63, 3.8) is 0 Å². The van der Waals surface area contributed by atoms with Crippen LogP contribution in [-0.2, 0) is 14.6 Å². The highest BCUT2D eigenvalue weighted by atomic mass is 32.2. The zero-order valence-electron chi connectivity index (χ0n) is 10.1. The Kier molecular flexibility index (Phi) is 2.80. The molecule has 1 aliphatic carbocycles. The van der Waals surface area contributed by atoms with E-state index in [0.29, 0.717) is 19.3 Å². The number of rotatable bonds is 3. The van der Waals surface area contributed by atoms with Crippen LogP contribution >= 0.6 is 0 Å². The highest BCUT2D eigenvalue weighted by Gasteiger charge is 2.56. The van der Waals surface area contributed by atoms with E-state index in [2.05, 4.69) is 10.5 Å². The molecule has 8 heteroatoms. The second-order valence-electron chi connectivity index (χ2n) is 5.42. The molecule has 0 aromatic heterocycles. The van der Waals surface area contributed by atoms with E-state index in [9.17, 15) is 13.2 Å². The first-order valence-corrected chi connectivity index (χ1v) is 7.56. The molecule has 1 saturated heterocycles. The van der Waals surface area contributed by atoms with Crippen molar-refractivity contribution in [1.29, 1.82) is 0 Å². The molecular weight excluding hydrogens is 258 g/mol. The van der Waals surface area contributed by atoms with Crippen LogP contribution < -0.4 is 11.1 Å². The van der Waals surface area contributed by atoms with E-state index in [1.807, 2.05) is 0 Å². The minimum atomic E-state index is -3.08. The van der Waals surface area contributed by atoms with Crippen molar-refractivity contribution in [2.75, 3.05) is 11.5 Å². The predicted octanol–water partition coefficient (Wildman–Crippen LogP) is -0.794. The molecule has 0 bridgehead atoms. The number of hydrogen-bond acceptors (Lipinski definition) is 5. The maximum Gasteiger partial charge on any atom is 0.234 e. The van der Waals surface area contributed by atoms with Crippen molar-refractivity contribution >= 4 is 21.6 Å². The first-order chi connectivity index (χ1) is 8.23. The SMILES string of the molecule is CC1(NC(=O)C2(C(N)=NO)CC2)CCS(=O)(=O)C1. The van der Waals surface area contributed by atoms with Gasteiger partial charge in [0, 0.05) is 0 Å². The molecule has 2 aliphatic rings. The number of nitrogens with zero attached hydrogens (tertiary/aromatic N) is 1. The maximum absolute atomic E-state index is 12.1. The van der Waals surface area contributed by atoms with Gasteiger partial charge in [0.2, 0.25) is 5.91 Å². The summed E-state index contributed by atoms with van der Waals surface area (Å²) in [6.07, 6.45) is 1.45. The molecule has 18 heavy (non-hydrogen) atoms. The van der Waals surface area contributed by atoms with Crippen LogP contribution in [0, 0.1) is 5.41 Å². The summed E-state index contributed by atoms with van der Waals surface area (Å²) in [5.41, 5.74) is 3.82. The van der Waals surface area contributed by atoms with Crippen LogP contribution in [0.3, 0.4) is 0 Å². The van der Waals surface area contributed by atoms with Gasteiger partial charge in [0.1, 0.15) is 5.41 Å². The summed E-state index contributed by atoms with van der Waals surface area (Å²) < 4.78 is 22.9. The molecule has 7 nitrogen and oxygen atoms in total. The van der Waals surface area contributed by atoms with E-state index in [-0.39, 0.29) is 23.2 Å². The van der Waals surface area contributed by atoms with Crippen LogP contribution in [0.1, 0.15) is 26.2 Å². The zero-order valence-corrected chi connectivity index (χ0v) is 11.0. The number of carbonyl (C=O) groups excluding carboxylic acids is 1. The third kappa shape index (κ3) is 2.16. The lowest BCUT2D eigenvalue weighted by molar-refractivity contribution is -0.125. The van der Waals surface area contributed by atoms with Crippen LogP contribution in [0.2, 0.25) is 0 Å². The summed E-state index contributed by atoms with van der Waals surface area (Å²) in [5, 5.41) is 14.3. The number of amides is 1. The number of carbonyl (C=O) groups is 1. The lowest BCUT2D eigenvalue weighted by Crippen LogP contribution is -2.52. The van der Waals surface area contributed by atoms with Gasteiger partial charge in [-0.3, -0.25) is 4.79 Å². The lowest BCUT2D eigenvalue weighted by atomic mass is 9.98. The summed E-state index contributed by atoms with van der Waals surface area (Å²) in [6, 6.07) is 0. The molecule has 102 valence electrons. The van der Waals surface area contributed by atoms with Crippen molar-refractivity contribution in [2.24, 2.45) is 16.3 Å². The number of oxime groups is 1. The van der Waals surface area contributed by atoms with Crippen molar-refractivity contribution in [1.82, 2.24) is 5.32 Å². The van der Waals surface area contributed by atoms with Crippen LogP contribution in [-0.4, -0.2) is 42.4 Å². The summed E-state index contributed by atoms with van der Waals surface area (Å²) in [5.74, 6) is -0.430. The lowest BCUT2D eigenvalue weighted by Gasteiger charge is -2.26. The number of nitrogens with one attached hydrogen (secondary N) is 1. The molecule has 1 unspecified atom stereocenters. The predicted molar refractivity (Wildman–Crippen MR) is 64.9 cm³/mol. The number of hydrogen-bond donors (Lipinski definition) is 3. The second-order valence-corrected chi connectivity index (χ2v) is 7.61. The van der Waals surface area contributed by atoms with E-state index < -0.39 is 20.8 Å². The maximum atomic E-state index is 12.1. The van der Waals surface area contributed by atoms with Gasteiger partial charge in [0.05, 0.1) is 17.0 Å². The highest BCUT2D eigenvalue weighted by molar-refractivity contribution is 7.91. The summed E-state index contributed by atoms with van der Waals surface area (Å²) >= 11 is 0. The number of nitrogens with two attached hydrogens (primary N) is 1. The average molecular weight is 275 g/mol. The molecule has 2 rings (SSSR count). The molecule has 4 N–H and O–H groups in total. The third-order valence-corrected chi connectivity index (χ3v) is 5.60. The van der Waals surface area contributed by atoms with E-state index in [0.717, 1.165) is 0 Å². The van der Waals surface area contributed by atoms with Gasteiger partial charge in [-0.15, -0.1) is 0 Å². The van der Waals surface area contributed by atoms with Crippen LogP contribution in [0.4, 0.5) is 0 Å². The fourth-order valence-corrected chi connectivity index (χ4v) is 4.42. The Morgan fingerprint density at radius 2 is 2.00 bits per heavy atom. The summed E-state index contributed by atoms with van der Waals surface area (Å²) in [4.78, 5) is 12.1. The fourth-order valence-electron chi connectivity index (χ4n) is 2.32. The molecule has 0 aromatic rings. The van der Waals surface area contributed by atoms with Crippen LogP contribution in [0.5, 0.6) is 0 Å². The number of amidine groups is 1. The highest BCUT2D eigenvalue weighted by Crippen LogP contribution is 2.46. The summed E-state index contributed by atoms with van der Waals surface area (Å²) in [6.45, 7) is 1.71. The van der Waals surface area contributed by atoms with Gasteiger partial charge in [-0.1, -0.05) is 5.16 Å². The first-order valence-electron chi connectivity index (χ1n) is 5.74. The van der Waals surface area contributed by atoms with E-state index in [1.165, 1.54) is 0 Å². The Labute approximate surface area is 105 Å². The zero-order chi connectivity index (χ0) is 13.6. The monoisotopic (exact) mass is 275 g/mol. The first kappa shape index (κ1) is 13.1. The molecular formula is C10H17N3O4S. The Morgan fingerprint density at radius 1 is 1.39 bits per heavy atom. The molecule has 2 fully saturated rings. The Balaban J connectivity index is 2.10. The van der Waals surface area contributed by atoms with E-state index in [1.54, 1.807) is 6.92 Å². The molecule has 0 spiro atoms. The van der Waals surface area contributed by atoms with Crippen molar-refractivity contribution in [3.8, 4) is 0 Å². The second kappa shape index (κ2) is 3.84. The van der Waals surface area contributed by atoms with Gasteiger partial charge in [-0.25, -0.2) is 8.42 Å². The molecule has 1 saturated carbocycles. The van der Waals surface area contributed by atoms with Gasteiger partial charge in [0.25, 0.3) is 0 Å². The Morgan fingerprint density at radius 3 is 2.39 bits per heavy atom. The van der Waals surface area contributed by atoms with Crippen molar-refractivity contribution in [2.45, 2.75) is 31.7 Å². The van der Waals surface area contributed by atoms with Gasteiger partial charge in [0.15, 0.2) is 15.7 Å². The fraction of sp³-hybridized carbons (Fsp3) is 0.800. The average Bonchev–Trinajstić information content (AvgIpc) is 3.01. The molecule has 1 heterocycles. The van der Waals surface area contributed by atoms with Crippen molar-refractivity contribution in [3.05, 3.63) is 0 Å². The molecule has 0 radical (unpaired) electrons. The molecule has 1 amide bonds. The van der Waals surface area contributed by atoms with Crippen LogP contribution in [0.15, 0.2) is 5.16 Å². The quantitative estimate of drug-likeness (QED) is 0.269. The standard InChI is InChI=1S/C10H17N3O4S/c1-9(4-5-18(16,17)6-9)12-8(14)10(2-3-10)7(11)13-15/h15H,2-6H2,1H3,(H2,11,13)(H,12,14). The van der Waals surface area contributed by atoms with Gasteiger partial charge in [-0.05, 0) is 26.2 Å². The normalized spacial score (nSPS) is 33.1. The van der Waals surface area contributed by atoms with Crippen molar-refractivity contribution < 1.29 is 18.4 Å².